The molecule has 1 amide bonds. The third-order valence-corrected chi connectivity index (χ3v) is 6.34. The van der Waals surface area contributed by atoms with E-state index in [1.165, 1.54) is 0 Å². The number of carbonyl (C=O) groups is 1. The molecule has 0 fully saturated rings. The number of benzene rings is 2. The number of aryl methyl sites for hydroxylation is 1. The summed E-state index contributed by atoms with van der Waals surface area (Å²) in [7, 11) is 0.193. The zero-order chi connectivity index (χ0) is 25.2. The highest BCUT2D eigenvalue weighted by Gasteiger charge is 2.16. The molecule has 0 spiro atoms. The van der Waals surface area contributed by atoms with Crippen LogP contribution >= 0.6 is 0 Å². The molecule has 8 nitrogen and oxygen atoms in total. The van der Waals surface area contributed by atoms with Gasteiger partial charge in [0.25, 0.3) is 0 Å². The van der Waals surface area contributed by atoms with Crippen molar-refractivity contribution < 1.29 is 27.6 Å². The number of nitrogens with zero attached hydrogens (tertiary/aromatic N) is 1. The number of hydrogen-bond donors (Lipinski definition) is 1. The molecule has 188 valence electrons. The van der Waals surface area contributed by atoms with Gasteiger partial charge in [0.05, 0.1) is 31.8 Å². The molecule has 1 aromatic heterocycles. The van der Waals surface area contributed by atoms with E-state index in [2.05, 4.69) is 10.3 Å². The fourth-order valence-electron chi connectivity index (χ4n) is 3.42. The highest BCUT2D eigenvalue weighted by Crippen LogP contribution is 2.28. The monoisotopic (exact) mass is 500 g/mol. The first-order valence-electron chi connectivity index (χ1n) is 11.5. The number of oxazole rings is 1. The van der Waals surface area contributed by atoms with Crippen LogP contribution in [0, 0.1) is 6.92 Å². The second-order valence-corrected chi connectivity index (χ2v) is 9.18. The van der Waals surface area contributed by atoms with Crippen LogP contribution in [0.25, 0.3) is 11.5 Å². The molecule has 9 heteroatoms. The van der Waals surface area contributed by atoms with Crippen molar-refractivity contribution in [1.29, 1.82) is 0 Å². The van der Waals surface area contributed by atoms with Gasteiger partial charge in [-0.25, -0.2) is 4.98 Å². The van der Waals surface area contributed by atoms with E-state index in [1.54, 1.807) is 14.0 Å². The smallest absolute Gasteiger partial charge is 0.232 e. The molecule has 0 aliphatic heterocycles. The highest BCUT2D eigenvalue weighted by atomic mass is 32.2. The van der Waals surface area contributed by atoms with Gasteiger partial charge in [-0.05, 0) is 69.2 Å². The van der Waals surface area contributed by atoms with Gasteiger partial charge in [-0.15, -0.1) is 0 Å². The number of amides is 1. The van der Waals surface area contributed by atoms with Crippen molar-refractivity contribution in [3.8, 4) is 28.7 Å². The Balaban J connectivity index is 1.49. The average Bonchev–Trinajstić information content (AvgIpc) is 3.20. The summed E-state index contributed by atoms with van der Waals surface area (Å²) in [6.07, 6.45) is 0.623. The lowest BCUT2D eigenvalue weighted by molar-refractivity contribution is -0.118. The Morgan fingerprint density at radius 3 is 2.46 bits per heavy atom. The van der Waals surface area contributed by atoms with E-state index in [9.17, 15) is 9.00 Å². The first kappa shape index (κ1) is 26.3. The van der Waals surface area contributed by atoms with Crippen LogP contribution in [0.5, 0.6) is 17.2 Å². The first-order chi connectivity index (χ1) is 16.9. The molecule has 0 saturated carbocycles. The van der Waals surface area contributed by atoms with Crippen molar-refractivity contribution in [3.63, 3.8) is 0 Å². The molecule has 0 saturated heterocycles. The minimum absolute atomic E-state index is 0.0996. The zero-order valence-electron chi connectivity index (χ0n) is 20.6. The number of nitrogens with one attached hydrogen (secondary N) is 1. The number of methoxy groups -OCH3 is 1. The largest absolute Gasteiger partial charge is 0.497 e. The van der Waals surface area contributed by atoms with Gasteiger partial charge in [0.15, 0.2) is 11.5 Å². The molecule has 1 heterocycles. The van der Waals surface area contributed by atoms with Crippen molar-refractivity contribution in [3.05, 3.63) is 59.5 Å². The maximum absolute atomic E-state index is 12.6. The van der Waals surface area contributed by atoms with Crippen LogP contribution in [0.4, 0.5) is 0 Å². The number of carbonyl (C=O) groups excluding carboxylic acids is 1. The quantitative estimate of drug-likeness (QED) is 0.378. The molecular weight excluding hydrogens is 468 g/mol. The van der Waals surface area contributed by atoms with Crippen LogP contribution in [0.1, 0.15) is 30.9 Å². The third kappa shape index (κ3) is 7.58. The standard InChI is InChI=1S/C26H32N2O6S/c1-5-32-23-12-7-19(15-24(23)33-6-2)13-14-27-25(29)17-35(30)16-22-18(3)34-26(28-22)20-8-10-21(31-4)11-9-20/h7-12,15H,5-6,13-14,16-17H2,1-4H3,(H,27,29)/t35-/m1/s1. The van der Waals surface area contributed by atoms with Crippen LogP contribution in [0.15, 0.2) is 46.9 Å². The Hall–Kier alpha value is -3.33. The molecule has 0 aliphatic carbocycles. The van der Waals surface area contributed by atoms with Crippen LogP contribution in [-0.2, 0) is 27.8 Å². The van der Waals surface area contributed by atoms with E-state index >= 15 is 0 Å². The Morgan fingerprint density at radius 2 is 1.77 bits per heavy atom. The van der Waals surface area contributed by atoms with Gasteiger partial charge in [0.2, 0.25) is 11.8 Å². The lowest BCUT2D eigenvalue weighted by Crippen LogP contribution is -2.30. The minimum atomic E-state index is -1.41. The van der Waals surface area contributed by atoms with Crippen molar-refractivity contribution >= 4 is 16.7 Å². The van der Waals surface area contributed by atoms with Gasteiger partial charge in [-0.3, -0.25) is 9.00 Å². The number of ether oxygens (including phenoxy) is 3. The van der Waals surface area contributed by atoms with Gasteiger partial charge in [-0.2, -0.15) is 0 Å². The van der Waals surface area contributed by atoms with E-state index < -0.39 is 10.8 Å². The van der Waals surface area contributed by atoms with Crippen molar-refractivity contribution in [2.24, 2.45) is 0 Å². The second-order valence-electron chi connectivity index (χ2n) is 7.73. The molecular formula is C26H32N2O6S. The molecule has 0 unspecified atom stereocenters. The average molecular weight is 501 g/mol. The van der Waals surface area contributed by atoms with Crippen LogP contribution in [-0.4, -0.2) is 47.7 Å². The number of rotatable bonds is 13. The second kappa shape index (κ2) is 12.9. The van der Waals surface area contributed by atoms with Crippen LogP contribution < -0.4 is 19.5 Å². The number of hydrogen-bond acceptors (Lipinski definition) is 7. The molecule has 0 aliphatic rings. The first-order valence-corrected chi connectivity index (χ1v) is 13.0. The summed E-state index contributed by atoms with van der Waals surface area (Å²) in [5, 5.41) is 2.84. The van der Waals surface area contributed by atoms with Crippen molar-refractivity contribution in [2.75, 3.05) is 32.6 Å². The van der Waals surface area contributed by atoms with E-state index in [-0.39, 0.29) is 17.4 Å². The molecule has 35 heavy (non-hydrogen) atoms. The van der Waals surface area contributed by atoms with Crippen LogP contribution in [0.2, 0.25) is 0 Å². The van der Waals surface area contributed by atoms with E-state index in [0.717, 1.165) is 16.9 Å². The highest BCUT2D eigenvalue weighted by molar-refractivity contribution is 7.84. The molecule has 3 aromatic rings. The summed E-state index contributed by atoms with van der Waals surface area (Å²) in [6.45, 7) is 7.15. The van der Waals surface area contributed by atoms with Gasteiger partial charge < -0.3 is 23.9 Å². The summed E-state index contributed by atoms with van der Waals surface area (Å²) in [6, 6.07) is 13.1. The predicted octanol–water partition coefficient (Wildman–Crippen LogP) is 4.06. The molecule has 1 atom stereocenters. The maximum atomic E-state index is 12.6. The predicted molar refractivity (Wildman–Crippen MR) is 135 cm³/mol. The van der Waals surface area contributed by atoms with Gasteiger partial charge in [-0.1, -0.05) is 6.07 Å². The van der Waals surface area contributed by atoms with Crippen molar-refractivity contribution in [1.82, 2.24) is 10.3 Å². The maximum Gasteiger partial charge on any atom is 0.232 e. The van der Waals surface area contributed by atoms with Crippen molar-refractivity contribution in [2.45, 2.75) is 32.9 Å². The lowest BCUT2D eigenvalue weighted by Gasteiger charge is -2.12. The van der Waals surface area contributed by atoms with Gasteiger partial charge in [0, 0.05) is 22.9 Å². The summed E-state index contributed by atoms with van der Waals surface area (Å²) < 4.78 is 34.7. The lowest BCUT2D eigenvalue weighted by atomic mass is 10.1. The SMILES string of the molecule is CCOc1ccc(CCNC(=O)C[S@](=O)Cc2nc(-c3ccc(OC)cc3)oc2C)cc1OCC. The van der Waals surface area contributed by atoms with Gasteiger partial charge >= 0.3 is 0 Å². The summed E-state index contributed by atoms with van der Waals surface area (Å²) >= 11 is 0. The summed E-state index contributed by atoms with van der Waals surface area (Å²) in [5.41, 5.74) is 2.40. The normalized spacial score (nSPS) is 11.7. The Kier molecular flexibility index (Phi) is 9.72. The fourth-order valence-corrected chi connectivity index (χ4v) is 4.49. The molecule has 0 radical (unpaired) electrons. The van der Waals surface area contributed by atoms with Crippen LogP contribution in [0.3, 0.4) is 0 Å². The van der Waals surface area contributed by atoms with E-state index in [1.807, 2.05) is 56.3 Å². The zero-order valence-corrected chi connectivity index (χ0v) is 21.4. The third-order valence-electron chi connectivity index (χ3n) is 5.16. The minimum Gasteiger partial charge on any atom is -0.497 e. The fraction of sp³-hybridized carbons (Fsp3) is 0.385. The molecule has 0 bridgehead atoms. The molecule has 1 N–H and O–H groups in total. The Bertz CT molecular complexity index is 1140. The molecule has 3 rings (SSSR count). The van der Waals surface area contributed by atoms with E-state index in [0.29, 0.717) is 55.0 Å². The summed E-state index contributed by atoms with van der Waals surface area (Å²) in [4.78, 5) is 16.8. The van der Waals surface area contributed by atoms with Gasteiger partial charge in [0.1, 0.15) is 17.3 Å². The molecule has 2 aromatic carbocycles. The Labute approximate surface area is 208 Å². The topological polar surface area (TPSA) is 99.9 Å². The van der Waals surface area contributed by atoms with E-state index in [4.69, 9.17) is 18.6 Å². The number of aromatic nitrogens is 1. The summed E-state index contributed by atoms with van der Waals surface area (Å²) in [5.74, 6) is 2.95. The Morgan fingerprint density at radius 1 is 1.06 bits per heavy atom.